The average Bonchev–Trinajstić information content (AvgIpc) is 3.13. The van der Waals surface area contributed by atoms with Crippen molar-refractivity contribution < 1.29 is 24.1 Å². The van der Waals surface area contributed by atoms with Crippen LogP contribution in [-0.2, 0) is 14.4 Å². The fraction of sp³-hybridized carbons (Fsp3) is 0.615. The van der Waals surface area contributed by atoms with E-state index in [0.717, 1.165) is 32.2 Å². The highest BCUT2D eigenvalue weighted by Crippen LogP contribution is 2.35. The van der Waals surface area contributed by atoms with Gasteiger partial charge in [0, 0.05) is 24.6 Å². The smallest absolute Gasteiger partial charge is 0.307 e. The van der Waals surface area contributed by atoms with E-state index in [0.29, 0.717) is 19.4 Å². The predicted octanol–water partition coefficient (Wildman–Crippen LogP) is 3.45. The number of nitrogens with zero attached hydrogens (tertiary/aromatic N) is 1. The molecule has 0 saturated heterocycles. The SMILES string of the molecule is CC(C)C[C@@H](C(=O)N[C@H]1CC2C=[N+](CCCCCCNC1=O)c1ccccc12)C(C)C(=O)O. The lowest BCUT2D eigenvalue weighted by Crippen LogP contribution is -2.50. The van der Waals surface area contributed by atoms with Gasteiger partial charge in [-0.05, 0) is 31.6 Å². The van der Waals surface area contributed by atoms with Crippen LogP contribution < -0.4 is 10.6 Å². The Morgan fingerprint density at radius 2 is 1.88 bits per heavy atom. The van der Waals surface area contributed by atoms with E-state index in [2.05, 4.69) is 33.6 Å². The third-order valence-electron chi connectivity index (χ3n) is 6.81. The maximum atomic E-state index is 13.2. The van der Waals surface area contributed by atoms with Gasteiger partial charge in [-0.15, -0.1) is 0 Å². The third kappa shape index (κ3) is 6.42. The fourth-order valence-electron chi connectivity index (χ4n) is 4.90. The first-order chi connectivity index (χ1) is 15.8. The van der Waals surface area contributed by atoms with Crippen molar-refractivity contribution in [3.8, 4) is 0 Å². The number of carboxylic acid groups (broad SMARTS) is 1. The molecule has 3 N–H and O–H groups in total. The standard InChI is InChI=1S/C26H37N3O4/c1-17(2)14-21(18(3)26(32)33)24(30)28-22-15-19-16-29(23-11-7-6-10-20(19)23)13-9-5-4-8-12-27-25(22)31/h6-7,10-11,16-19,21-22H,4-5,8-9,12-15H2,1-3H3,(H2-,27,28,30,31,32,33)/p+1/t18?,19?,21-,22+/m1/s1. The molecule has 1 aromatic carbocycles. The molecule has 180 valence electrons. The molecule has 7 nitrogen and oxygen atoms in total. The summed E-state index contributed by atoms with van der Waals surface area (Å²) in [5, 5.41) is 15.5. The number of hydrogen-bond donors (Lipinski definition) is 3. The summed E-state index contributed by atoms with van der Waals surface area (Å²) >= 11 is 0. The minimum Gasteiger partial charge on any atom is -0.481 e. The Morgan fingerprint density at radius 1 is 1.15 bits per heavy atom. The third-order valence-corrected chi connectivity index (χ3v) is 6.81. The number of nitrogens with one attached hydrogen (secondary N) is 2. The molecular weight excluding hydrogens is 418 g/mol. The summed E-state index contributed by atoms with van der Waals surface area (Å²) in [7, 11) is 0. The van der Waals surface area contributed by atoms with Crippen LogP contribution >= 0.6 is 0 Å². The molecule has 2 heterocycles. The quantitative estimate of drug-likeness (QED) is 0.571. The van der Waals surface area contributed by atoms with Crippen LogP contribution in [-0.4, -0.2) is 52.8 Å². The molecule has 0 aliphatic carbocycles. The van der Waals surface area contributed by atoms with Crippen LogP contribution in [0.1, 0.15) is 70.8 Å². The second-order valence-corrected chi connectivity index (χ2v) is 9.87. The number of fused-ring (bicyclic) bond motifs is 4. The molecule has 3 rings (SSSR count). The van der Waals surface area contributed by atoms with Crippen LogP contribution in [0, 0.1) is 17.8 Å². The first-order valence-corrected chi connectivity index (χ1v) is 12.3. The number of rotatable bonds is 6. The molecule has 33 heavy (non-hydrogen) atoms. The molecule has 2 bridgehead atoms. The van der Waals surface area contributed by atoms with Gasteiger partial charge in [-0.2, -0.15) is 0 Å². The van der Waals surface area contributed by atoms with Gasteiger partial charge in [0.15, 0.2) is 6.21 Å². The van der Waals surface area contributed by atoms with E-state index in [1.165, 1.54) is 11.3 Å². The Morgan fingerprint density at radius 3 is 2.61 bits per heavy atom. The van der Waals surface area contributed by atoms with Gasteiger partial charge >= 0.3 is 5.97 Å². The molecule has 7 heteroatoms. The highest BCUT2D eigenvalue weighted by atomic mass is 16.4. The van der Waals surface area contributed by atoms with Gasteiger partial charge in [0.1, 0.15) is 12.6 Å². The number of benzene rings is 1. The molecule has 0 saturated carbocycles. The van der Waals surface area contributed by atoms with E-state index in [-0.39, 0.29) is 23.7 Å². The Hall–Kier alpha value is -2.70. The molecule has 2 aliphatic rings. The van der Waals surface area contributed by atoms with Crippen LogP contribution in [0.4, 0.5) is 5.69 Å². The number of amides is 2. The van der Waals surface area contributed by atoms with Crippen molar-refractivity contribution in [3.63, 3.8) is 0 Å². The van der Waals surface area contributed by atoms with Crippen LogP contribution in [0.2, 0.25) is 0 Å². The van der Waals surface area contributed by atoms with Gasteiger partial charge in [-0.25, -0.2) is 4.58 Å². The summed E-state index contributed by atoms with van der Waals surface area (Å²) in [6, 6.07) is 7.52. The van der Waals surface area contributed by atoms with Crippen molar-refractivity contribution in [2.24, 2.45) is 17.8 Å². The minimum atomic E-state index is -0.996. The van der Waals surface area contributed by atoms with Crippen LogP contribution in [0.15, 0.2) is 24.3 Å². The average molecular weight is 457 g/mol. The van der Waals surface area contributed by atoms with E-state index >= 15 is 0 Å². The van der Waals surface area contributed by atoms with E-state index in [1.807, 2.05) is 26.0 Å². The molecule has 0 fully saturated rings. The number of para-hydroxylation sites is 1. The van der Waals surface area contributed by atoms with Crippen molar-refractivity contribution in [2.45, 2.75) is 71.3 Å². The summed E-state index contributed by atoms with van der Waals surface area (Å²) in [4.78, 5) is 38.0. The Labute approximate surface area is 196 Å². The first kappa shape index (κ1) is 24.9. The van der Waals surface area contributed by atoms with Crippen molar-refractivity contribution in [1.82, 2.24) is 10.6 Å². The molecule has 4 atom stereocenters. The lowest BCUT2D eigenvalue weighted by atomic mass is 9.85. The van der Waals surface area contributed by atoms with Gasteiger partial charge in [0.05, 0.1) is 17.8 Å². The number of carbonyl (C=O) groups is 3. The minimum absolute atomic E-state index is 0.0125. The van der Waals surface area contributed by atoms with Gasteiger partial charge in [-0.1, -0.05) is 45.4 Å². The molecule has 2 aliphatic heterocycles. The normalized spacial score (nSPS) is 23.2. The van der Waals surface area contributed by atoms with Crippen molar-refractivity contribution >= 4 is 29.7 Å². The lowest BCUT2D eigenvalue weighted by Gasteiger charge is -2.26. The van der Waals surface area contributed by atoms with Crippen LogP contribution in [0.5, 0.6) is 0 Å². The number of hydrogen-bond acceptors (Lipinski definition) is 3. The van der Waals surface area contributed by atoms with E-state index in [1.54, 1.807) is 6.92 Å². The summed E-state index contributed by atoms with van der Waals surface area (Å²) in [5.74, 6) is -2.87. The zero-order valence-corrected chi connectivity index (χ0v) is 20.0. The maximum absolute atomic E-state index is 13.2. The largest absolute Gasteiger partial charge is 0.481 e. The van der Waals surface area contributed by atoms with E-state index < -0.39 is 23.8 Å². The van der Waals surface area contributed by atoms with Crippen LogP contribution in [0.25, 0.3) is 0 Å². The summed E-state index contributed by atoms with van der Waals surface area (Å²) < 4.78 is 2.28. The Bertz CT molecular complexity index is 895. The summed E-state index contributed by atoms with van der Waals surface area (Å²) in [6.45, 7) is 7.04. The van der Waals surface area contributed by atoms with E-state index in [9.17, 15) is 19.5 Å². The molecule has 1 aromatic rings. The second kappa shape index (κ2) is 11.4. The highest BCUT2D eigenvalue weighted by molar-refractivity contribution is 5.91. The van der Waals surface area contributed by atoms with Crippen molar-refractivity contribution in [1.29, 1.82) is 0 Å². The number of aliphatic carboxylic acids is 1. The molecular formula is C26H38N3O4+. The topological polar surface area (TPSA) is 98.5 Å². The van der Waals surface area contributed by atoms with Gasteiger partial charge < -0.3 is 15.7 Å². The molecule has 0 spiro atoms. The van der Waals surface area contributed by atoms with Crippen molar-refractivity contribution in [3.05, 3.63) is 29.8 Å². The molecule has 2 amide bonds. The zero-order chi connectivity index (χ0) is 24.0. The second-order valence-electron chi connectivity index (χ2n) is 9.87. The first-order valence-electron chi connectivity index (χ1n) is 12.3. The Balaban J connectivity index is 1.86. The zero-order valence-electron chi connectivity index (χ0n) is 20.0. The molecule has 2 unspecified atom stereocenters. The van der Waals surface area contributed by atoms with E-state index in [4.69, 9.17) is 0 Å². The summed E-state index contributed by atoms with van der Waals surface area (Å²) in [6.07, 6.45) is 7.24. The molecule has 0 aromatic heterocycles. The maximum Gasteiger partial charge on any atom is 0.307 e. The highest BCUT2D eigenvalue weighted by Gasteiger charge is 2.37. The molecule has 0 radical (unpaired) electrons. The van der Waals surface area contributed by atoms with Gasteiger partial charge in [-0.3, -0.25) is 14.4 Å². The lowest BCUT2D eigenvalue weighted by molar-refractivity contribution is -0.433. The monoisotopic (exact) mass is 456 g/mol. The predicted molar refractivity (Wildman–Crippen MR) is 128 cm³/mol. The van der Waals surface area contributed by atoms with Gasteiger partial charge in [0.25, 0.3) is 0 Å². The Kier molecular flexibility index (Phi) is 8.64. The summed E-state index contributed by atoms with van der Waals surface area (Å²) in [5.41, 5.74) is 2.33. The van der Waals surface area contributed by atoms with Gasteiger partial charge in [0.2, 0.25) is 17.5 Å². The van der Waals surface area contributed by atoms with Crippen LogP contribution in [0.3, 0.4) is 0 Å². The van der Waals surface area contributed by atoms with Crippen molar-refractivity contribution in [2.75, 3.05) is 13.1 Å². The fourth-order valence-corrected chi connectivity index (χ4v) is 4.90. The number of carboxylic acids is 1. The number of carbonyl (C=O) groups excluding carboxylic acids is 2.